The zero-order valence-corrected chi connectivity index (χ0v) is 23.6. The monoisotopic (exact) mass is 606 g/mol. The summed E-state index contributed by atoms with van der Waals surface area (Å²) in [5.74, 6) is -0.286. The lowest BCUT2D eigenvalue weighted by Gasteiger charge is -2.23. The first-order valence-electron chi connectivity index (χ1n) is 11.8. The zero-order valence-electron chi connectivity index (χ0n) is 20.4. The number of aromatic nitrogens is 2. The molecule has 0 atom stereocenters. The van der Waals surface area contributed by atoms with Crippen molar-refractivity contribution in [2.45, 2.75) is 18.4 Å². The van der Waals surface area contributed by atoms with E-state index in [0.29, 0.717) is 16.4 Å². The van der Waals surface area contributed by atoms with Gasteiger partial charge in [0.25, 0.3) is 15.9 Å². The Morgan fingerprint density at radius 3 is 2.42 bits per heavy atom. The Labute approximate surface area is 233 Å². The van der Waals surface area contributed by atoms with Crippen LogP contribution in [-0.2, 0) is 16.6 Å². The number of carbonyl (C=O) groups is 1. The molecule has 192 valence electrons. The van der Waals surface area contributed by atoms with E-state index in [1.54, 1.807) is 60.6 Å². The van der Waals surface area contributed by atoms with E-state index in [1.807, 2.05) is 36.4 Å². The van der Waals surface area contributed by atoms with E-state index in [1.165, 1.54) is 27.8 Å². The van der Waals surface area contributed by atoms with Crippen molar-refractivity contribution >= 4 is 64.2 Å². The minimum atomic E-state index is -3.80. The van der Waals surface area contributed by atoms with Gasteiger partial charge in [-0.2, -0.15) is 0 Å². The first-order valence-corrected chi connectivity index (χ1v) is 14.9. The summed E-state index contributed by atoms with van der Waals surface area (Å²) in [5, 5.41) is 0.546. The van der Waals surface area contributed by atoms with Gasteiger partial charge in [-0.1, -0.05) is 51.5 Å². The smallest absolute Gasteiger partial charge is 0.264 e. The first kappa shape index (κ1) is 26.0. The van der Waals surface area contributed by atoms with Crippen molar-refractivity contribution in [1.82, 2.24) is 9.97 Å². The number of anilines is 2. The second-order valence-corrected chi connectivity index (χ2v) is 12.2. The van der Waals surface area contributed by atoms with Crippen molar-refractivity contribution in [1.29, 1.82) is 0 Å². The van der Waals surface area contributed by atoms with Gasteiger partial charge in [0.05, 0.1) is 27.3 Å². The second kappa shape index (κ2) is 11.0. The van der Waals surface area contributed by atoms with Crippen molar-refractivity contribution in [2.75, 3.05) is 15.7 Å². The number of fused-ring (bicyclic) bond motifs is 1. The summed E-state index contributed by atoms with van der Waals surface area (Å²) < 4.78 is 30.0. The summed E-state index contributed by atoms with van der Waals surface area (Å²) in [6, 6.07) is 24.5. The van der Waals surface area contributed by atoms with Gasteiger partial charge in [-0.25, -0.2) is 13.4 Å². The first-order chi connectivity index (χ1) is 18.4. The molecule has 0 spiro atoms. The van der Waals surface area contributed by atoms with Crippen molar-refractivity contribution in [2.24, 2.45) is 0 Å². The standard InChI is InChI=1S/C28H23BrN4O3S2/c1-2-33(23-8-4-3-5-9-23)38(35,36)24-13-10-21(11-14-24)27(34)32(19-20-7-6-16-30-18-20)28-31-25-15-12-22(29)17-26(25)37-28/h3-18H,2,19H2,1H3. The summed E-state index contributed by atoms with van der Waals surface area (Å²) in [6.07, 6.45) is 3.39. The molecular formula is C28H23BrN4O3S2. The van der Waals surface area contributed by atoms with Crippen molar-refractivity contribution in [3.63, 3.8) is 0 Å². The van der Waals surface area contributed by atoms with Crippen molar-refractivity contribution < 1.29 is 13.2 Å². The molecule has 0 aliphatic carbocycles. The molecule has 10 heteroatoms. The summed E-state index contributed by atoms with van der Waals surface area (Å²) >= 11 is 4.90. The minimum absolute atomic E-state index is 0.114. The predicted molar refractivity (Wildman–Crippen MR) is 155 cm³/mol. The molecule has 3 aromatic carbocycles. The summed E-state index contributed by atoms with van der Waals surface area (Å²) in [5.41, 5.74) is 2.58. The molecule has 5 rings (SSSR count). The molecule has 5 aromatic rings. The van der Waals surface area contributed by atoms with Crippen molar-refractivity contribution in [3.05, 3.63) is 113 Å². The molecule has 0 N–H and O–H groups in total. The number of amides is 1. The number of pyridine rings is 1. The molecule has 0 saturated carbocycles. The summed E-state index contributed by atoms with van der Waals surface area (Å²) in [7, 11) is -3.80. The fourth-order valence-electron chi connectivity index (χ4n) is 4.04. The largest absolute Gasteiger partial charge is 0.279 e. The molecule has 0 bridgehead atoms. The third-order valence-electron chi connectivity index (χ3n) is 5.90. The van der Waals surface area contributed by atoms with E-state index in [-0.39, 0.29) is 23.9 Å². The molecule has 0 radical (unpaired) electrons. The highest BCUT2D eigenvalue weighted by Gasteiger charge is 2.26. The fourth-order valence-corrected chi connectivity index (χ4v) is 7.03. The van der Waals surface area contributed by atoms with Gasteiger partial charge in [-0.15, -0.1) is 0 Å². The van der Waals surface area contributed by atoms with Gasteiger partial charge in [-0.3, -0.25) is 19.0 Å². The van der Waals surface area contributed by atoms with Gasteiger partial charge in [0.2, 0.25) is 0 Å². The Morgan fingerprint density at radius 1 is 0.974 bits per heavy atom. The van der Waals surface area contributed by atoms with E-state index in [0.717, 1.165) is 20.3 Å². The maximum atomic E-state index is 13.8. The molecule has 2 aromatic heterocycles. The molecule has 7 nitrogen and oxygen atoms in total. The molecule has 0 saturated heterocycles. The van der Waals surface area contributed by atoms with Gasteiger partial charge in [0, 0.05) is 29.0 Å². The van der Waals surface area contributed by atoms with Crippen LogP contribution in [0.2, 0.25) is 0 Å². The Balaban J connectivity index is 1.48. The minimum Gasteiger partial charge on any atom is -0.279 e. The van der Waals surface area contributed by atoms with Crippen molar-refractivity contribution in [3.8, 4) is 0 Å². The number of rotatable bonds is 8. The van der Waals surface area contributed by atoms with E-state index >= 15 is 0 Å². The molecule has 1 amide bonds. The van der Waals surface area contributed by atoms with Crippen LogP contribution in [0.15, 0.2) is 107 Å². The third-order valence-corrected chi connectivity index (χ3v) is 9.35. The SMILES string of the molecule is CCN(c1ccccc1)S(=O)(=O)c1ccc(C(=O)N(Cc2cccnc2)c2nc3ccc(Br)cc3s2)cc1. The lowest BCUT2D eigenvalue weighted by Crippen LogP contribution is -2.31. The normalized spacial score (nSPS) is 11.4. The van der Waals surface area contributed by atoms with Crippen LogP contribution in [0.3, 0.4) is 0 Å². The molecule has 38 heavy (non-hydrogen) atoms. The maximum absolute atomic E-state index is 13.8. The Bertz CT molecular complexity index is 1680. The number of hydrogen-bond acceptors (Lipinski definition) is 6. The highest BCUT2D eigenvalue weighted by Crippen LogP contribution is 2.33. The van der Waals surface area contributed by atoms with Crippen LogP contribution in [0.25, 0.3) is 10.2 Å². The Hall–Kier alpha value is -3.60. The predicted octanol–water partition coefficient (Wildman–Crippen LogP) is 6.52. The van der Waals surface area contributed by atoms with E-state index in [2.05, 4.69) is 20.9 Å². The number of nitrogens with zero attached hydrogens (tertiary/aromatic N) is 4. The molecule has 0 unspecified atom stereocenters. The number of benzene rings is 3. The second-order valence-electron chi connectivity index (χ2n) is 8.39. The van der Waals surface area contributed by atoms with E-state index < -0.39 is 10.0 Å². The average molecular weight is 608 g/mol. The third kappa shape index (κ3) is 5.33. The summed E-state index contributed by atoms with van der Waals surface area (Å²) in [4.78, 5) is 24.4. The topological polar surface area (TPSA) is 83.5 Å². The van der Waals surface area contributed by atoms with E-state index in [4.69, 9.17) is 4.98 Å². The molecule has 2 heterocycles. The van der Waals surface area contributed by atoms with Gasteiger partial charge in [-0.05, 0) is 73.2 Å². The molecule has 0 aliphatic rings. The van der Waals surface area contributed by atoms with Gasteiger partial charge < -0.3 is 0 Å². The highest BCUT2D eigenvalue weighted by atomic mass is 79.9. The van der Waals surface area contributed by atoms with E-state index in [9.17, 15) is 13.2 Å². The molecular weight excluding hydrogens is 584 g/mol. The lowest BCUT2D eigenvalue weighted by molar-refractivity contribution is 0.0985. The lowest BCUT2D eigenvalue weighted by atomic mass is 10.2. The van der Waals surface area contributed by atoms with Crippen LogP contribution < -0.4 is 9.21 Å². The quantitative estimate of drug-likeness (QED) is 0.201. The van der Waals surface area contributed by atoms with Crippen LogP contribution in [0.1, 0.15) is 22.8 Å². The fraction of sp³-hybridized carbons (Fsp3) is 0.107. The van der Waals surface area contributed by atoms with Gasteiger partial charge in [0.1, 0.15) is 0 Å². The van der Waals surface area contributed by atoms with Crippen LogP contribution in [0.5, 0.6) is 0 Å². The van der Waals surface area contributed by atoms with Gasteiger partial charge >= 0.3 is 0 Å². The van der Waals surface area contributed by atoms with Crippen LogP contribution in [0.4, 0.5) is 10.8 Å². The number of thiazole rings is 1. The van der Waals surface area contributed by atoms with Crippen LogP contribution in [-0.4, -0.2) is 30.8 Å². The average Bonchev–Trinajstić information content (AvgIpc) is 3.36. The highest BCUT2D eigenvalue weighted by molar-refractivity contribution is 9.10. The van der Waals surface area contributed by atoms with Crippen LogP contribution >= 0.6 is 27.3 Å². The van der Waals surface area contributed by atoms with Gasteiger partial charge in [0.15, 0.2) is 5.13 Å². The molecule has 0 fully saturated rings. The Morgan fingerprint density at radius 2 is 1.74 bits per heavy atom. The number of halogens is 1. The number of sulfonamides is 1. The zero-order chi connectivity index (χ0) is 26.7. The molecule has 0 aliphatic heterocycles. The number of carbonyl (C=O) groups excluding carboxylic acids is 1. The summed E-state index contributed by atoms with van der Waals surface area (Å²) in [6.45, 7) is 2.33. The Kier molecular flexibility index (Phi) is 7.55. The number of hydrogen-bond donors (Lipinski definition) is 0. The maximum Gasteiger partial charge on any atom is 0.264 e. The van der Waals surface area contributed by atoms with Crippen LogP contribution in [0, 0.1) is 0 Å². The number of para-hydroxylation sites is 1.